The predicted octanol–water partition coefficient (Wildman–Crippen LogP) is 2.89. The molecule has 1 rings (SSSR count). The Balaban J connectivity index is 2.60. The van der Waals surface area contributed by atoms with Crippen LogP contribution in [-0.2, 0) is 0 Å². The quantitative estimate of drug-likeness (QED) is 0.749. The predicted molar refractivity (Wildman–Crippen MR) is 71.8 cm³/mol. The Kier molecular flexibility index (Phi) is 4.81. The molecule has 0 radical (unpaired) electrons. The molecular weight excluding hydrogens is 196 g/mol. The van der Waals surface area contributed by atoms with E-state index in [1.54, 1.807) is 0 Å². The molecule has 0 bridgehead atoms. The monoisotopic (exact) mass is 226 g/mol. The van der Waals surface area contributed by atoms with Gasteiger partial charge in [0.05, 0.1) is 0 Å². The minimum atomic E-state index is 0.419. The van der Waals surface area contributed by atoms with Gasteiger partial charge in [-0.05, 0) is 52.1 Å². The zero-order valence-electron chi connectivity index (χ0n) is 11.9. The lowest BCUT2D eigenvalue weighted by atomic mass is 9.84. The fourth-order valence-corrected chi connectivity index (χ4v) is 3.17. The first-order valence-corrected chi connectivity index (χ1v) is 6.83. The number of hydrogen-bond donors (Lipinski definition) is 1. The van der Waals surface area contributed by atoms with Crippen LogP contribution in [-0.4, -0.2) is 37.1 Å². The van der Waals surface area contributed by atoms with Crippen LogP contribution in [0.2, 0.25) is 0 Å². The van der Waals surface area contributed by atoms with E-state index in [0.717, 1.165) is 6.54 Å². The summed E-state index contributed by atoms with van der Waals surface area (Å²) in [6, 6.07) is 0. The van der Waals surface area contributed by atoms with Crippen LogP contribution < -0.4 is 5.32 Å². The van der Waals surface area contributed by atoms with Gasteiger partial charge in [-0.1, -0.05) is 20.3 Å². The highest BCUT2D eigenvalue weighted by Gasteiger charge is 2.36. The Bertz CT molecular complexity index is 205. The van der Waals surface area contributed by atoms with Crippen molar-refractivity contribution in [2.24, 2.45) is 5.41 Å². The molecule has 1 aliphatic heterocycles. The smallest absolute Gasteiger partial charge is 0.0153 e. The highest BCUT2D eigenvalue weighted by molar-refractivity contribution is 4.92. The summed E-state index contributed by atoms with van der Waals surface area (Å²) < 4.78 is 0. The van der Waals surface area contributed by atoms with E-state index in [4.69, 9.17) is 0 Å². The Morgan fingerprint density at radius 2 is 2.06 bits per heavy atom. The zero-order chi connectivity index (χ0) is 12.2. The van der Waals surface area contributed by atoms with Crippen LogP contribution in [0, 0.1) is 5.41 Å². The Morgan fingerprint density at radius 3 is 2.50 bits per heavy atom. The van der Waals surface area contributed by atoms with Gasteiger partial charge in [0, 0.05) is 18.6 Å². The number of likely N-dealkylation sites (tertiary alicyclic amines) is 1. The molecule has 1 saturated heterocycles. The molecule has 0 amide bonds. The molecular formula is C14H30N2. The molecule has 0 aromatic carbocycles. The first-order chi connectivity index (χ1) is 7.43. The molecule has 0 spiro atoms. The molecule has 0 aromatic rings. The van der Waals surface area contributed by atoms with Gasteiger partial charge in [-0.3, -0.25) is 4.90 Å². The zero-order valence-corrected chi connectivity index (χ0v) is 11.9. The van der Waals surface area contributed by atoms with Crippen molar-refractivity contribution in [2.75, 3.05) is 26.7 Å². The van der Waals surface area contributed by atoms with Gasteiger partial charge in [0.15, 0.2) is 0 Å². The average molecular weight is 226 g/mol. The fraction of sp³-hybridized carbons (Fsp3) is 1.00. The SMILES string of the molecule is CCCC(C)(CNC)CN1CCCC1(C)C. The molecule has 0 saturated carbocycles. The van der Waals surface area contributed by atoms with Crippen LogP contribution in [0.3, 0.4) is 0 Å². The van der Waals surface area contributed by atoms with E-state index in [-0.39, 0.29) is 0 Å². The van der Waals surface area contributed by atoms with Gasteiger partial charge in [-0.2, -0.15) is 0 Å². The van der Waals surface area contributed by atoms with Crippen molar-refractivity contribution in [2.45, 2.75) is 58.9 Å². The highest BCUT2D eigenvalue weighted by atomic mass is 15.2. The Labute approximate surface area is 102 Å². The van der Waals surface area contributed by atoms with Crippen LogP contribution in [0.5, 0.6) is 0 Å². The van der Waals surface area contributed by atoms with Gasteiger partial charge in [-0.15, -0.1) is 0 Å². The lowest BCUT2D eigenvalue weighted by Gasteiger charge is -2.40. The second-order valence-corrected chi connectivity index (χ2v) is 6.43. The number of rotatable bonds is 6. The fourth-order valence-electron chi connectivity index (χ4n) is 3.17. The molecule has 1 fully saturated rings. The van der Waals surface area contributed by atoms with E-state index in [1.165, 1.54) is 38.8 Å². The third kappa shape index (κ3) is 3.46. The topological polar surface area (TPSA) is 15.3 Å². The van der Waals surface area contributed by atoms with Crippen molar-refractivity contribution in [1.82, 2.24) is 10.2 Å². The molecule has 1 atom stereocenters. The largest absolute Gasteiger partial charge is 0.319 e. The van der Waals surface area contributed by atoms with E-state index < -0.39 is 0 Å². The summed E-state index contributed by atoms with van der Waals surface area (Å²) >= 11 is 0. The van der Waals surface area contributed by atoms with Crippen LogP contribution >= 0.6 is 0 Å². The number of nitrogens with one attached hydrogen (secondary N) is 1. The summed E-state index contributed by atoms with van der Waals surface area (Å²) in [6.07, 6.45) is 5.33. The lowest BCUT2D eigenvalue weighted by Crippen LogP contribution is -2.47. The minimum Gasteiger partial charge on any atom is -0.319 e. The lowest BCUT2D eigenvalue weighted by molar-refractivity contribution is 0.0980. The maximum atomic E-state index is 3.37. The molecule has 0 aliphatic carbocycles. The Hall–Kier alpha value is -0.0800. The summed E-state index contributed by atoms with van der Waals surface area (Å²) in [7, 11) is 2.07. The van der Waals surface area contributed by atoms with Crippen LogP contribution in [0.4, 0.5) is 0 Å². The minimum absolute atomic E-state index is 0.419. The third-order valence-corrected chi connectivity index (χ3v) is 4.10. The molecule has 96 valence electrons. The van der Waals surface area contributed by atoms with Crippen LogP contribution in [0.25, 0.3) is 0 Å². The van der Waals surface area contributed by atoms with Crippen molar-refractivity contribution in [1.29, 1.82) is 0 Å². The van der Waals surface area contributed by atoms with Crippen molar-refractivity contribution < 1.29 is 0 Å². The van der Waals surface area contributed by atoms with Crippen molar-refractivity contribution in [3.05, 3.63) is 0 Å². The van der Waals surface area contributed by atoms with Crippen molar-refractivity contribution in [3.8, 4) is 0 Å². The van der Waals surface area contributed by atoms with Gasteiger partial charge < -0.3 is 5.32 Å². The second kappa shape index (κ2) is 5.50. The third-order valence-electron chi connectivity index (χ3n) is 4.10. The van der Waals surface area contributed by atoms with E-state index in [0.29, 0.717) is 11.0 Å². The number of hydrogen-bond acceptors (Lipinski definition) is 2. The standard InChI is InChI=1S/C14H30N2/c1-6-8-14(4,11-15-5)12-16-10-7-9-13(16,2)3/h15H,6-12H2,1-5H3. The van der Waals surface area contributed by atoms with Crippen LogP contribution in [0.15, 0.2) is 0 Å². The average Bonchev–Trinajstić information content (AvgIpc) is 2.46. The van der Waals surface area contributed by atoms with Gasteiger partial charge >= 0.3 is 0 Å². The molecule has 1 unspecified atom stereocenters. The number of nitrogens with zero attached hydrogens (tertiary/aromatic N) is 1. The first-order valence-electron chi connectivity index (χ1n) is 6.83. The van der Waals surface area contributed by atoms with Gasteiger partial charge in [0.1, 0.15) is 0 Å². The maximum Gasteiger partial charge on any atom is 0.0153 e. The second-order valence-electron chi connectivity index (χ2n) is 6.43. The molecule has 2 heteroatoms. The summed E-state index contributed by atoms with van der Waals surface area (Å²) in [5.41, 5.74) is 0.855. The normalized spacial score (nSPS) is 24.6. The summed E-state index contributed by atoms with van der Waals surface area (Å²) in [5, 5.41) is 3.37. The van der Waals surface area contributed by atoms with E-state index in [2.05, 4.69) is 45.0 Å². The highest BCUT2D eigenvalue weighted by Crippen LogP contribution is 2.33. The van der Waals surface area contributed by atoms with Gasteiger partial charge in [0.25, 0.3) is 0 Å². The van der Waals surface area contributed by atoms with E-state index in [1.807, 2.05) is 0 Å². The molecule has 1 aliphatic rings. The summed E-state index contributed by atoms with van der Waals surface area (Å²) in [5.74, 6) is 0. The van der Waals surface area contributed by atoms with Crippen molar-refractivity contribution >= 4 is 0 Å². The van der Waals surface area contributed by atoms with E-state index in [9.17, 15) is 0 Å². The van der Waals surface area contributed by atoms with Crippen LogP contribution in [0.1, 0.15) is 53.4 Å². The van der Waals surface area contributed by atoms with Gasteiger partial charge in [-0.25, -0.2) is 0 Å². The molecule has 2 nitrogen and oxygen atoms in total. The van der Waals surface area contributed by atoms with E-state index >= 15 is 0 Å². The maximum absolute atomic E-state index is 3.37. The Morgan fingerprint density at radius 1 is 1.38 bits per heavy atom. The first kappa shape index (κ1) is 14.0. The molecule has 1 N–H and O–H groups in total. The van der Waals surface area contributed by atoms with Crippen molar-refractivity contribution in [3.63, 3.8) is 0 Å². The molecule has 1 heterocycles. The molecule has 16 heavy (non-hydrogen) atoms. The molecule has 0 aromatic heterocycles. The summed E-state index contributed by atoms with van der Waals surface area (Å²) in [6.45, 7) is 13.2. The summed E-state index contributed by atoms with van der Waals surface area (Å²) in [4.78, 5) is 2.69. The van der Waals surface area contributed by atoms with Gasteiger partial charge in [0.2, 0.25) is 0 Å².